The van der Waals surface area contributed by atoms with Crippen molar-refractivity contribution >= 4 is 5.91 Å². The van der Waals surface area contributed by atoms with Crippen molar-refractivity contribution in [3.63, 3.8) is 0 Å². The zero-order valence-electron chi connectivity index (χ0n) is 13.2. The fourth-order valence-electron chi connectivity index (χ4n) is 2.27. The van der Waals surface area contributed by atoms with E-state index < -0.39 is 0 Å². The van der Waals surface area contributed by atoms with Crippen LogP contribution in [0.4, 0.5) is 0 Å². The fourth-order valence-corrected chi connectivity index (χ4v) is 2.27. The van der Waals surface area contributed by atoms with Crippen molar-refractivity contribution in [2.24, 2.45) is 0 Å². The molecule has 2 rings (SSSR count). The van der Waals surface area contributed by atoms with Crippen LogP contribution in [0.15, 0.2) is 42.5 Å². The molecule has 4 nitrogen and oxygen atoms in total. The van der Waals surface area contributed by atoms with Gasteiger partial charge in [0.25, 0.3) is 5.91 Å². The first-order chi connectivity index (χ1) is 10.7. The molecule has 0 unspecified atom stereocenters. The second kappa shape index (κ2) is 7.61. The normalized spacial score (nSPS) is 10.3. The lowest BCUT2D eigenvalue weighted by Crippen LogP contribution is -2.23. The summed E-state index contributed by atoms with van der Waals surface area (Å²) >= 11 is 0. The van der Waals surface area contributed by atoms with Crippen LogP contribution < -0.4 is 10.1 Å². The Kier molecular flexibility index (Phi) is 5.55. The third-order valence-corrected chi connectivity index (χ3v) is 3.53. The lowest BCUT2D eigenvalue weighted by atomic mass is 10.1. The summed E-state index contributed by atoms with van der Waals surface area (Å²) in [6.07, 6.45) is 0. The molecule has 0 heterocycles. The molecule has 0 aliphatic carbocycles. The number of carbonyl (C=O) groups excluding carboxylic acids is 1. The van der Waals surface area contributed by atoms with Gasteiger partial charge in [-0.1, -0.05) is 30.3 Å². The smallest absolute Gasteiger partial charge is 0.251 e. The molecule has 116 valence electrons. The summed E-state index contributed by atoms with van der Waals surface area (Å²) in [5.74, 6) is 0.595. The molecule has 0 atom stereocenters. The maximum atomic E-state index is 12.3. The number of nitrogens with one attached hydrogen (secondary N) is 1. The van der Waals surface area contributed by atoms with E-state index in [1.54, 1.807) is 26.4 Å². The van der Waals surface area contributed by atoms with E-state index in [0.717, 1.165) is 16.7 Å². The van der Waals surface area contributed by atoms with Crippen molar-refractivity contribution in [3.05, 3.63) is 64.7 Å². The zero-order chi connectivity index (χ0) is 15.9. The highest BCUT2D eigenvalue weighted by Crippen LogP contribution is 2.19. The van der Waals surface area contributed by atoms with Gasteiger partial charge in [0, 0.05) is 19.2 Å². The van der Waals surface area contributed by atoms with E-state index in [1.165, 1.54) is 0 Å². The van der Waals surface area contributed by atoms with Gasteiger partial charge >= 0.3 is 0 Å². The minimum absolute atomic E-state index is 0.120. The first kappa shape index (κ1) is 16.0. The molecule has 0 saturated carbocycles. The van der Waals surface area contributed by atoms with Gasteiger partial charge in [-0.15, -0.1) is 0 Å². The average Bonchev–Trinajstić information content (AvgIpc) is 2.54. The standard InChI is InChI=1S/C18H21NO3/c1-13-8-9-14(10-17(13)22-3)18(20)19-11-15-6-4-5-7-16(15)12-21-2/h4-10H,11-12H2,1-3H3,(H,19,20). The third-order valence-electron chi connectivity index (χ3n) is 3.53. The molecular weight excluding hydrogens is 278 g/mol. The Morgan fingerprint density at radius 2 is 1.82 bits per heavy atom. The van der Waals surface area contributed by atoms with E-state index in [4.69, 9.17) is 9.47 Å². The molecule has 2 aromatic rings. The molecule has 0 fully saturated rings. The molecular formula is C18H21NO3. The highest BCUT2D eigenvalue weighted by Gasteiger charge is 2.09. The maximum absolute atomic E-state index is 12.3. The molecule has 0 aromatic heterocycles. The number of hydrogen-bond donors (Lipinski definition) is 1. The summed E-state index contributed by atoms with van der Waals surface area (Å²) in [5, 5.41) is 2.93. The molecule has 1 N–H and O–H groups in total. The third kappa shape index (κ3) is 3.86. The highest BCUT2D eigenvalue weighted by atomic mass is 16.5. The van der Waals surface area contributed by atoms with Crippen LogP contribution in [-0.2, 0) is 17.9 Å². The van der Waals surface area contributed by atoms with Crippen molar-refractivity contribution in [2.75, 3.05) is 14.2 Å². The highest BCUT2D eigenvalue weighted by molar-refractivity contribution is 5.94. The SMILES string of the molecule is COCc1ccccc1CNC(=O)c1ccc(C)c(OC)c1. The largest absolute Gasteiger partial charge is 0.496 e. The van der Waals surface area contributed by atoms with Crippen LogP contribution in [0.5, 0.6) is 5.75 Å². The minimum atomic E-state index is -0.120. The number of carbonyl (C=O) groups is 1. The van der Waals surface area contributed by atoms with Gasteiger partial charge in [0.05, 0.1) is 13.7 Å². The predicted molar refractivity (Wildman–Crippen MR) is 86.1 cm³/mol. The molecule has 0 aliphatic heterocycles. The van der Waals surface area contributed by atoms with Gasteiger partial charge in [0.1, 0.15) is 5.75 Å². The van der Waals surface area contributed by atoms with Crippen LogP contribution in [0.3, 0.4) is 0 Å². The van der Waals surface area contributed by atoms with Gasteiger partial charge < -0.3 is 14.8 Å². The minimum Gasteiger partial charge on any atom is -0.496 e. The van der Waals surface area contributed by atoms with Gasteiger partial charge in [-0.2, -0.15) is 0 Å². The monoisotopic (exact) mass is 299 g/mol. The summed E-state index contributed by atoms with van der Waals surface area (Å²) in [6.45, 7) is 2.94. The molecule has 22 heavy (non-hydrogen) atoms. The molecule has 0 bridgehead atoms. The number of methoxy groups -OCH3 is 2. The van der Waals surface area contributed by atoms with Crippen molar-refractivity contribution in [1.82, 2.24) is 5.32 Å². The maximum Gasteiger partial charge on any atom is 0.251 e. The van der Waals surface area contributed by atoms with Crippen LogP contribution in [0.1, 0.15) is 27.0 Å². The Labute approximate surface area is 131 Å². The summed E-state index contributed by atoms with van der Waals surface area (Å²) < 4.78 is 10.4. The van der Waals surface area contributed by atoms with Crippen molar-refractivity contribution < 1.29 is 14.3 Å². The Morgan fingerprint density at radius 1 is 1.09 bits per heavy atom. The summed E-state index contributed by atoms with van der Waals surface area (Å²) in [5.41, 5.74) is 3.72. The molecule has 4 heteroatoms. The molecule has 0 aliphatic rings. The summed E-state index contributed by atoms with van der Waals surface area (Å²) in [6, 6.07) is 13.3. The predicted octanol–water partition coefficient (Wildman–Crippen LogP) is 3.08. The first-order valence-corrected chi connectivity index (χ1v) is 7.14. The van der Waals surface area contributed by atoms with Crippen molar-refractivity contribution in [1.29, 1.82) is 0 Å². The van der Waals surface area contributed by atoms with Gasteiger partial charge in [-0.05, 0) is 35.7 Å². The van der Waals surface area contributed by atoms with Gasteiger partial charge in [0.2, 0.25) is 0 Å². The van der Waals surface area contributed by atoms with Crippen molar-refractivity contribution in [2.45, 2.75) is 20.1 Å². The molecule has 2 aromatic carbocycles. The van der Waals surface area contributed by atoms with Crippen LogP contribution in [-0.4, -0.2) is 20.1 Å². The number of rotatable bonds is 6. The Morgan fingerprint density at radius 3 is 2.50 bits per heavy atom. The van der Waals surface area contributed by atoms with Crippen LogP contribution in [0.2, 0.25) is 0 Å². The Balaban J connectivity index is 2.07. The van der Waals surface area contributed by atoms with Gasteiger partial charge in [-0.3, -0.25) is 4.79 Å². The second-order valence-electron chi connectivity index (χ2n) is 5.07. The van der Waals surface area contributed by atoms with Crippen LogP contribution >= 0.6 is 0 Å². The van der Waals surface area contributed by atoms with E-state index in [1.807, 2.05) is 37.3 Å². The number of ether oxygens (including phenoxy) is 2. The summed E-state index contributed by atoms with van der Waals surface area (Å²) in [7, 11) is 3.26. The quantitative estimate of drug-likeness (QED) is 0.891. The van der Waals surface area contributed by atoms with E-state index in [0.29, 0.717) is 24.5 Å². The van der Waals surface area contributed by atoms with Gasteiger partial charge in [-0.25, -0.2) is 0 Å². The number of amides is 1. The van der Waals surface area contributed by atoms with Crippen molar-refractivity contribution in [3.8, 4) is 5.75 Å². The van der Waals surface area contributed by atoms with E-state index in [-0.39, 0.29) is 5.91 Å². The molecule has 0 radical (unpaired) electrons. The average molecular weight is 299 g/mol. The lowest BCUT2D eigenvalue weighted by Gasteiger charge is -2.11. The van der Waals surface area contributed by atoms with E-state index in [2.05, 4.69) is 5.32 Å². The topological polar surface area (TPSA) is 47.6 Å². The number of benzene rings is 2. The fraction of sp³-hybridized carbons (Fsp3) is 0.278. The number of aryl methyl sites for hydroxylation is 1. The van der Waals surface area contributed by atoms with Gasteiger partial charge in [0.15, 0.2) is 0 Å². The van der Waals surface area contributed by atoms with Crippen LogP contribution in [0.25, 0.3) is 0 Å². The lowest BCUT2D eigenvalue weighted by molar-refractivity contribution is 0.0950. The van der Waals surface area contributed by atoms with E-state index in [9.17, 15) is 4.79 Å². The Bertz CT molecular complexity index is 653. The first-order valence-electron chi connectivity index (χ1n) is 7.14. The van der Waals surface area contributed by atoms with E-state index >= 15 is 0 Å². The molecule has 1 amide bonds. The number of hydrogen-bond acceptors (Lipinski definition) is 3. The summed E-state index contributed by atoms with van der Waals surface area (Å²) in [4.78, 5) is 12.3. The molecule has 0 saturated heterocycles. The zero-order valence-corrected chi connectivity index (χ0v) is 13.2. The second-order valence-corrected chi connectivity index (χ2v) is 5.07. The van der Waals surface area contributed by atoms with Crippen LogP contribution in [0, 0.1) is 6.92 Å². The molecule has 0 spiro atoms. The Hall–Kier alpha value is -2.33.